The summed E-state index contributed by atoms with van der Waals surface area (Å²) in [5, 5.41) is 37.7. The number of aromatic amines is 3. The van der Waals surface area contributed by atoms with E-state index < -0.39 is 11.2 Å². The van der Waals surface area contributed by atoms with Gasteiger partial charge in [0.25, 0.3) is 5.56 Å². The number of rotatable bonds is 2. The van der Waals surface area contributed by atoms with Crippen molar-refractivity contribution in [1.82, 2.24) is 25.1 Å². The molecule has 1 aliphatic rings. The number of hydrogen-bond donors (Lipinski definition) is 4. The second-order valence-electron chi connectivity index (χ2n) is 8.03. The second-order valence-corrected chi connectivity index (χ2v) is 8.03. The van der Waals surface area contributed by atoms with E-state index in [2.05, 4.69) is 25.1 Å². The molecule has 0 bridgehead atoms. The van der Waals surface area contributed by atoms with Crippen LogP contribution in [0.25, 0.3) is 39.1 Å². The number of ether oxygens (including phenoxy) is 1. The first kappa shape index (κ1) is 21.6. The van der Waals surface area contributed by atoms with Gasteiger partial charge in [-0.15, -0.1) is 5.10 Å². The maximum Gasteiger partial charge on any atom is 0.327 e. The summed E-state index contributed by atoms with van der Waals surface area (Å²) in [6.45, 7) is 0. The van der Waals surface area contributed by atoms with Gasteiger partial charge in [-0.25, -0.2) is 9.78 Å². The van der Waals surface area contributed by atoms with Crippen LogP contribution in [0.4, 0.5) is 0 Å². The number of nitriles is 2. The van der Waals surface area contributed by atoms with Crippen molar-refractivity contribution in [3.63, 3.8) is 0 Å². The van der Waals surface area contributed by atoms with E-state index in [1.165, 1.54) is 6.07 Å². The van der Waals surface area contributed by atoms with E-state index in [1.54, 1.807) is 18.2 Å². The Labute approximate surface area is 206 Å². The Morgan fingerprint density at radius 2 is 1.68 bits per heavy atom. The summed E-state index contributed by atoms with van der Waals surface area (Å²) in [6, 6.07) is 19.2. The number of pyridine rings is 1. The van der Waals surface area contributed by atoms with Gasteiger partial charge in [0.1, 0.15) is 28.8 Å². The van der Waals surface area contributed by atoms with Crippen molar-refractivity contribution in [2.24, 2.45) is 0 Å². The molecule has 37 heavy (non-hydrogen) atoms. The van der Waals surface area contributed by atoms with Gasteiger partial charge >= 0.3 is 5.69 Å². The van der Waals surface area contributed by atoms with Crippen LogP contribution in [0.5, 0.6) is 17.4 Å². The number of nitrogens with one attached hydrogen (secondary N) is 3. The van der Waals surface area contributed by atoms with Crippen LogP contribution in [0.3, 0.4) is 0 Å². The van der Waals surface area contributed by atoms with Crippen molar-refractivity contribution in [3.05, 3.63) is 92.1 Å². The Kier molecular flexibility index (Phi) is 4.71. The Hall–Kier alpha value is -5.94. The van der Waals surface area contributed by atoms with Gasteiger partial charge in [-0.1, -0.05) is 42.5 Å². The van der Waals surface area contributed by atoms with Crippen LogP contribution in [0.2, 0.25) is 0 Å². The fourth-order valence-corrected chi connectivity index (χ4v) is 4.43. The number of benzene rings is 2. The third-order valence-corrected chi connectivity index (χ3v) is 5.96. The van der Waals surface area contributed by atoms with Gasteiger partial charge in [0.05, 0.1) is 22.5 Å². The van der Waals surface area contributed by atoms with Gasteiger partial charge in [0, 0.05) is 16.7 Å². The van der Waals surface area contributed by atoms with Crippen LogP contribution >= 0.6 is 0 Å². The van der Waals surface area contributed by atoms with E-state index in [-0.39, 0.29) is 56.4 Å². The first-order chi connectivity index (χ1) is 18.0. The summed E-state index contributed by atoms with van der Waals surface area (Å²) in [7, 11) is 0. The standard InChI is InChI=1S/C26H13N7O4/c27-10-13(11-28)16-17-21(14-8-4-5-9-15(14)34)29-23-19(24(35)31-26(36)30-23)22(17)37-25-18(16)20(32-33-25)12-6-2-1-3-7-12/h1-9,34H,(H,32,33)(H2,29,30,31,35,36). The molecule has 0 saturated heterocycles. The number of para-hydroxylation sites is 1. The average Bonchev–Trinajstić information content (AvgIpc) is 3.32. The number of H-pyrrole nitrogens is 3. The van der Waals surface area contributed by atoms with Crippen molar-refractivity contribution in [1.29, 1.82) is 10.5 Å². The molecule has 11 nitrogen and oxygen atoms in total. The topological polar surface area (TPSA) is 184 Å². The summed E-state index contributed by atoms with van der Waals surface area (Å²) in [5.74, 6) is -0.206. The van der Waals surface area contributed by atoms with Crippen molar-refractivity contribution in [3.8, 4) is 52.0 Å². The molecule has 0 saturated carbocycles. The molecule has 0 aliphatic carbocycles. The van der Waals surface area contributed by atoms with Crippen molar-refractivity contribution < 1.29 is 9.84 Å². The highest BCUT2D eigenvalue weighted by Gasteiger charge is 2.36. The number of aromatic hydroxyl groups is 1. The van der Waals surface area contributed by atoms with Gasteiger partial charge in [0.2, 0.25) is 5.88 Å². The van der Waals surface area contributed by atoms with Gasteiger partial charge in [-0.2, -0.15) is 10.5 Å². The molecule has 0 radical (unpaired) electrons. The van der Waals surface area contributed by atoms with Crippen LogP contribution in [0, 0.1) is 22.7 Å². The first-order valence-electron chi connectivity index (χ1n) is 10.9. The van der Waals surface area contributed by atoms with Crippen LogP contribution in [0.1, 0.15) is 11.1 Å². The van der Waals surface area contributed by atoms with Gasteiger partial charge in [0.15, 0.2) is 11.4 Å². The largest absolute Gasteiger partial charge is 0.507 e. The number of nitrogens with zero attached hydrogens (tertiary/aromatic N) is 4. The molecule has 11 heteroatoms. The van der Waals surface area contributed by atoms with Crippen molar-refractivity contribution in [2.45, 2.75) is 0 Å². The second kappa shape index (κ2) is 8.08. The van der Waals surface area contributed by atoms with Crippen LogP contribution in [-0.2, 0) is 0 Å². The number of hydrogen-bond acceptors (Lipinski definition) is 8. The van der Waals surface area contributed by atoms with E-state index in [0.717, 1.165) is 0 Å². The molecule has 3 aromatic heterocycles. The van der Waals surface area contributed by atoms with Crippen LogP contribution in [0.15, 0.2) is 69.8 Å². The third-order valence-electron chi connectivity index (χ3n) is 5.96. The monoisotopic (exact) mass is 487 g/mol. The predicted octanol–water partition coefficient (Wildman–Crippen LogP) is 3.33. The highest BCUT2D eigenvalue weighted by molar-refractivity contribution is 6.05. The molecule has 0 unspecified atom stereocenters. The average molecular weight is 487 g/mol. The number of allylic oxidation sites excluding steroid dienone is 1. The fraction of sp³-hybridized carbons (Fsp3) is 0. The highest BCUT2D eigenvalue weighted by atomic mass is 16.5. The minimum Gasteiger partial charge on any atom is -0.507 e. The molecule has 0 amide bonds. The Morgan fingerprint density at radius 1 is 0.946 bits per heavy atom. The van der Waals surface area contributed by atoms with Gasteiger partial charge < -0.3 is 9.84 Å². The molecule has 0 spiro atoms. The Bertz CT molecular complexity index is 1970. The van der Waals surface area contributed by atoms with Crippen LogP contribution < -0.4 is 16.0 Å². The molecule has 6 rings (SSSR count). The molecule has 1 aliphatic heterocycles. The predicted molar refractivity (Wildman–Crippen MR) is 131 cm³/mol. The summed E-state index contributed by atoms with van der Waals surface area (Å²) >= 11 is 0. The normalized spacial score (nSPS) is 11.7. The molecular formula is C26H13N7O4. The maximum atomic E-state index is 12.9. The first-order valence-corrected chi connectivity index (χ1v) is 10.9. The SMILES string of the molecule is N#CC(C#N)=C1c2c(n[nH]c2-c2ccccc2)Oc2c1c(-c1ccccc1O)nc1[nH]c(=O)[nH]c(=O)c21. The van der Waals surface area contributed by atoms with E-state index in [4.69, 9.17) is 4.74 Å². The molecule has 0 atom stereocenters. The van der Waals surface area contributed by atoms with E-state index in [0.29, 0.717) is 16.8 Å². The van der Waals surface area contributed by atoms with E-state index in [9.17, 15) is 25.2 Å². The van der Waals surface area contributed by atoms with E-state index >= 15 is 0 Å². The van der Waals surface area contributed by atoms with E-state index in [1.807, 2.05) is 42.5 Å². The molecule has 5 aromatic rings. The summed E-state index contributed by atoms with van der Waals surface area (Å²) in [4.78, 5) is 34.1. The molecule has 4 N–H and O–H groups in total. The van der Waals surface area contributed by atoms with Crippen molar-refractivity contribution in [2.75, 3.05) is 0 Å². The lowest BCUT2D eigenvalue weighted by Crippen LogP contribution is -2.24. The molecule has 176 valence electrons. The maximum absolute atomic E-state index is 12.9. The molecule has 0 fully saturated rings. The summed E-state index contributed by atoms with van der Waals surface area (Å²) in [5.41, 5.74) is 0.0694. The van der Waals surface area contributed by atoms with Gasteiger partial charge in [-0.3, -0.25) is 19.9 Å². The number of aromatic nitrogens is 5. The third kappa shape index (κ3) is 3.20. The molecule has 2 aromatic carbocycles. The number of phenolic OH excluding ortho intramolecular Hbond substituents is 1. The summed E-state index contributed by atoms with van der Waals surface area (Å²) in [6.07, 6.45) is 0. The quantitative estimate of drug-likeness (QED) is 0.268. The zero-order chi connectivity index (χ0) is 25.7. The summed E-state index contributed by atoms with van der Waals surface area (Å²) < 4.78 is 6.13. The lowest BCUT2D eigenvalue weighted by atomic mass is 9.86. The zero-order valence-corrected chi connectivity index (χ0v) is 18.7. The Balaban J connectivity index is 1.83. The fourth-order valence-electron chi connectivity index (χ4n) is 4.43. The number of fused-ring (bicyclic) bond motifs is 4. The van der Waals surface area contributed by atoms with Gasteiger partial charge in [-0.05, 0) is 12.1 Å². The minimum atomic E-state index is -0.790. The minimum absolute atomic E-state index is 0.0192. The lowest BCUT2D eigenvalue weighted by Gasteiger charge is -2.24. The zero-order valence-electron chi connectivity index (χ0n) is 18.7. The molecule has 4 heterocycles. The highest BCUT2D eigenvalue weighted by Crippen LogP contribution is 2.52. The Morgan fingerprint density at radius 3 is 2.41 bits per heavy atom. The smallest absolute Gasteiger partial charge is 0.327 e. The van der Waals surface area contributed by atoms with Crippen molar-refractivity contribution >= 4 is 16.6 Å². The molecular weight excluding hydrogens is 474 g/mol. The lowest BCUT2D eigenvalue weighted by molar-refractivity contribution is 0.458. The van der Waals surface area contributed by atoms with Crippen LogP contribution in [-0.4, -0.2) is 30.3 Å². The number of phenols is 1.